The first-order valence-corrected chi connectivity index (χ1v) is 13.6. The van der Waals surface area contributed by atoms with Gasteiger partial charge in [0.1, 0.15) is 0 Å². The van der Waals surface area contributed by atoms with Crippen LogP contribution in [0.15, 0.2) is 24.3 Å². The van der Waals surface area contributed by atoms with Crippen molar-refractivity contribution in [3.05, 3.63) is 24.3 Å². The molecule has 1 aliphatic rings. The third kappa shape index (κ3) is 5.45. The maximum absolute atomic E-state index is 11.6. The number of ether oxygens (including phenoxy) is 2. The quantitative estimate of drug-likeness (QED) is 0.382. The molecule has 4 nitrogen and oxygen atoms in total. The molecule has 0 atom stereocenters. The third-order valence-electron chi connectivity index (χ3n) is 2.90. The fourth-order valence-corrected chi connectivity index (χ4v) is 17.3. The Morgan fingerprint density at radius 2 is 1.40 bits per heavy atom. The maximum atomic E-state index is 11.6. The molecule has 0 spiro atoms. The van der Waals surface area contributed by atoms with Crippen molar-refractivity contribution in [2.24, 2.45) is 0 Å². The van der Waals surface area contributed by atoms with Crippen LogP contribution in [-0.2, 0) is 19.1 Å². The molecule has 0 aromatic heterocycles. The molecule has 1 aliphatic heterocycles. The zero-order valence-electron chi connectivity index (χ0n) is 12.1. The van der Waals surface area contributed by atoms with E-state index in [1.165, 1.54) is 10.6 Å². The van der Waals surface area contributed by atoms with Crippen molar-refractivity contribution in [1.29, 1.82) is 0 Å². The summed E-state index contributed by atoms with van der Waals surface area (Å²) in [6, 6.07) is 0. The Morgan fingerprint density at radius 1 is 1.00 bits per heavy atom. The normalized spacial score (nSPS) is 18.7. The van der Waals surface area contributed by atoms with Gasteiger partial charge in [0.15, 0.2) is 0 Å². The van der Waals surface area contributed by atoms with Crippen molar-refractivity contribution >= 4 is 39.7 Å². The van der Waals surface area contributed by atoms with Crippen LogP contribution in [0, 0.1) is 0 Å². The Labute approximate surface area is 129 Å². The number of hydrogen-bond acceptors (Lipinski definition) is 4. The van der Waals surface area contributed by atoms with Gasteiger partial charge in [-0.1, -0.05) is 0 Å². The van der Waals surface area contributed by atoms with Crippen molar-refractivity contribution in [2.45, 2.75) is 35.1 Å². The summed E-state index contributed by atoms with van der Waals surface area (Å²) in [7, 11) is 0. The second kappa shape index (κ2) is 8.04. The fourth-order valence-electron chi connectivity index (χ4n) is 1.55. The number of carbonyl (C=O) groups excluding carboxylic acids is 2. The predicted molar refractivity (Wildman–Crippen MR) is 82.3 cm³/mol. The molecule has 0 aromatic rings. The number of esters is 2. The van der Waals surface area contributed by atoms with E-state index in [1.54, 1.807) is 13.8 Å². The molecule has 0 radical (unpaired) electrons. The molecule has 0 N–H and O–H groups in total. The van der Waals surface area contributed by atoms with Crippen molar-refractivity contribution in [3.8, 4) is 0 Å². The summed E-state index contributed by atoms with van der Waals surface area (Å²) in [6.07, 6.45) is 0. The summed E-state index contributed by atoms with van der Waals surface area (Å²) in [5, 5.41) is 4.57. The summed E-state index contributed by atoms with van der Waals surface area (Å²) in [4.78, 5) is 23.1. The van der Waals surface area contributed by atoms with Gasteiger partial charge in [-0.3, -0.25) is 0 Å². The Bertz CT molecular complexity index is 379. The van der Waals surface area contributed by atoms with E-state index >= 15 is 0 Å². The van der Waals surface area contributed by atoms with Gasteiger partial charge in [0, 0.05) is 0 Å². The van der Waals surface area contributed by atoms with Gasteiger partial charge in [-0.15, -0.1) is 0 Å². The van der Waals surface area contributed by atoms with E-state index in [2.05, 4.69) is 13.2 Å². The Hall–Kier alpha value is -0.541. The standard InChI is InChI=1S/C14H22O4Se2/c1-11(2)13(15)17-9-20(7-5-19-6-8-20)10-18-14(16)12(3)4/h1,3,5-10H2,2,4H3. The molecule has 0 aromatic carbocycles. The molecular formula is C14H22O4Se2. The van der Waals surface area contributed by atoms with Crippen LogP contribution >= 0.6 is 0 Å². The SMILES string of the molecule is C=C(C)C(=O)OC[Se]1(COC(=O)C(=C)C)CC[Se]CC1. The van der Waals surface area contributed by atoms with Crippen molar-refractivity contribution in [2.75, 3.05) is 11.0 Å². The van der Waals surface area contributed by atoms with Crippen LogP contribution < -0.4 is 0 Å². The van der Waals surface area contributed by atoms with Crippen LogP contribution in [0.25, 0.3) is 0 Å². The topological polar surface area (TPSA) is 52.6 Å². The average Bonchev–Trinajstić information content (AvgIpc) is 2.43. The summed E-state index contributed by atoms with van der Waals surface area (Å²) in [6.45, 7) is 10.5. The Morgan fingerprint density at radius 3 is 1.75 bits per heavy atom. The van der Waals surface area contributed by atoms with E-state index in [1.807, 2.05) is 0 Å². The van der Waals surface area contributed by atoms with Crippen LogP contribution in [0.5, 0.6) is 0 Å². The molecule has 1 saturated heterocycles. The van der Waals surface area contributed by atoms with Gasteiger partial charge >= 0.3 is 129 Å². The molecular weight excluding hydrogens is 390 g/mol. The molecule has 1 fully saturated rings. The molecule has 0 saturated carbocycles. The summed E-state index contributed by atoms with van der Waals surface area (Å²) in [5.41, 5.74) is 1.72. The van der Waals surface area contributed by atoms with Crippen molar-refractivity contribution in [3.63, 3.8) is 0 Å². The summed E-state index contributed by atoms with van der Waals surface area (Å²) in [5.74, 6) is -0.687. The van der Waals surface area contributed by atoms with E-state index in [9.17, 15) is 9.59 Å². The van der Waals surface area contributed by atoms with Gasteiger partial charge in [-0.05, 0) is 0 Å². The van der Waals surface area contributed by atoms with Gasteiger partial charge in [-0.25, -0.2) is 0 Å². The van der Waals surface area contributed by atoms with Gasteiger partial charge < -0.3 is 0 Å². The number of carbonyl (C=O) groups is 2. The predicted octanol–water partition coefficient (Wildman–Crippen LogP) is 2.31. The minimum atomic E-state index is -2.05. The van der Waals surface area contributed by atoms with Crippen LogP contribution in [0.4, 0.5) is 0 Å². The van der Waals surface area contributed by atoms with E-state index in [-0.39, 0.29) is 11.9 Å². The second-order valence-electron chi connectivity index (χ2n) is 4.91. The molecule has 114 valence electrons. The molecule has 6 heteroatoms. The minimum absolute atomic E-state index is 0.344. The first kappa shape index (κ1) is 17.5. The average molecular weight is 412 g/mol. The van der Waals surface area contributed by atoms with Gasteiger partial charge in [0.05, 0.1) is 0 Å². The van der Waals surface area contributed by atoms with Crippen LogP contribution in [0.3, 0.4) is 0 Å². The van der Waals surface area contributed by atoms with Crippen molar-refractivity contribution in [1.82, 2.24) is 0 Å². The third-order valence-corrected chi connectivity index (χ3v) is 14.7. The Kier molecular flexibility index (Phi) is 7.04. The fraction of sp³-hybridized carbons (Fsp3) is 0.571. The van der Waals surface area contributed by atoms with Gasteiger partial charge in [0.2, 0.25) is 0 Å². The van der Waals surface area contributed by atoms with Gasteiger partial charge in [0.25, 0.3) is 0 Å². The molecule has 0 aliphatic carbocycles. The number of rotatable bonds is 6. The first-order valence-electron chi connectivity index (χ1n) is 6.33. The molecule has 1 heterocycles. The molecule has 1 rings (SSSR count). The first-order chi connectivity index (χ1) is 9.36. The van der Waals surface area contributed by atoms with Crippen LogP contribution in [0.1, 0.15) is 13.8 Å². The Balaban J connectivity index is 2.61. The zero-order chi connectivity index (χ0) is 15.2. The zero-order valence-corrected chi connectivity index (χ0v) is 15.5. The van der Waals surface area contributed by atoms with E-state index in [0.717, 1.165) is 10.6 Å². The van der Waals surface area contributed by atoms with E-state index in [0.29, 0.717) is 37.1 Å². The van der Waals surface area contributed by atoms with E-state index < -0.39 is 12.8 Å². The molecule has 0 amide bonds. The van der Waals surface area contributed by atoms with Crippen LogP contribution in [0.2, 0.25) is 21.3 Å². The van der Waals surface area contributed by atoms with Crippen LogP contribution in [-0.4, -0.2) is 50.8 Å². The molecule has 20 heavy (non-hydrogen) atoms. The summed E-state index contributed by atoms with van der Waals surface area (Å²) < 4.78 is 10.7. The van der Waals surface area contributed by atoms with Crippen molar-refractivity contribution < 1.29 is 19.1 Å². The summed E-state index contributed by atoms with van der Waals surface area (Å²) >= 11 is -1.36. The van der Waals surface area contributed by atoms with E-state index in [4.69, 9.17) is 9.47 Å². The second-order valence-corrected chi connectivity index (χ2v) is 15.3. The number of hydrogen-bond donors (Lipinski definition) is 0. The van der Waals surface area contributed by atoms with Gasteiger partial charge in [-0.2, -0.15) is 0 Å². The molecule has 0 bridgehead atoms. The molecule has 0 unspecified atom stereocenters. The monoisotopic (exact) mass is 414 g/mol.